The number of halogens is 1. The number of aromatic amines is 1. The highest BCUT2D eigenvalue weighted by atomic mass is 79.9. The molecule has 0 saturated carbocycles. The summed E-state index contributed by atoms with van der Waals surface area (Å²) in [6.07, 6.45) is 1.86. The molecular weight excluding hydrogens is 356 g/mol. The van der Waals surface area contributed by atoms with E-state index >= 15 is 0 Å². The van der Waals surface area contributed by atoms with E-state index < -0.39 is 5.97 Å². The Morgan fingerprint density at radius 3 is 2.74 bits per heavy atom. The fraction of sp³-hybridized carbons (Fsp3) is 0. The fourth-order valence-electron chi connectivity index (χ4n) is 2.80. The molecule has 5 heteroatoms. The van der Waals surface area contributed by atoms with Gasteiger partial charge in [0.05, 0.1) is 16.8 Å². The minimum atomic E-state index is -0.961. The van der Waals surface area contributed by atoms with E-state index in [1.807, 2.05) is 42.6 Å². The molecule has 2 N–H and O–H groups in total. The second-order valence-electron chi connectivity index (χ2n) is 5.27. The molecule has 0 fully saturated rings. The average Bonchev–Trinajstić information content (AvgIpc) is 2.97. The number of H-pyrrole nitrogens is 1. The quantitative estimate of drug-likeness (QED) is 0.533. The van der Waals surface area contributed by atoms with Crippen molar-refractivity contribution in [2.75, 3.05) is 0 Å². The minimum absolute atomic E-state index is 0.247. The molecular formula is C18H11BrN2O2. The van der Waals surface area contributed by atoms with Gasteiger partial charge in [-0.15, -0.1) is 0 Å². The summed E-state index contributed by atoms with van der Waals surface area (Å²) in [5.74, 6) is -0.961. The van der Waals surface area contributed by atoms with Gasteiger partial charge in [-0.25, -0.2) is 9.78 Å². The second kappa shape index (κ2) is 5.21. The Kier molecular flexibility index (Phi) is 3.16. The van der Waals surface area contributed by atoms with Gasteiger partial charge in [0.25, 0.3) is 0 Å². The van der Waals surface area contributed by atoms with Crippen LogP contribution in [-0.2, 0) is 0 Å². The number of pyridine rings is 1. The number of carboxylic acid groups (broad SMARTS) is 1. The van der Waals surface area contributed by atoms with E-state index in [9.17, 15) is 9.90 Å². The number of hydrogen-bond acceptors (Lipinski definition) is 2. The first-order chi connectivity index (χ1) is 11.1. The molecule has 23 heavy (non-hydrogen) atoms. The number of fused-ring (bicyclic) bond motifs is 2. The predicted molar refractivity (Wildman–Crippen MR) is 93.7 cm³/mol. The zero-order valence-electron chi connectivity index (χ0n) is 11.9. The largest absolute Gasteiger partial charge is 0.478 e. The zero-order chi connectivity index (χ0) is 16.0. The number of carboxylic acids is 1. The molecule has 0 spiro atoms. The SMILES string of the molecule is O=C(O)c1cc(-c2c[nH]c3ccccc23)nc2ccc(Br)cc12. The summed E-state index contributed by atoms with van der Waals surface area (Å²) in [5, 5.41) is 11.2. The normalized spacial score (nSPS) is 11.2. The van der Waals surface area contributed by atoms with Crippen LogP contribution >= 0.6 is 15.9 Å². The van der Waals surface area contributed by atoms with Gasteiger partial charge in [0.1, 0.15) is 0 Å². The molecule has 0 aliphatic heterocycles. The van der Waals surface area contributed by atoms with Crippen molar-refractivity contribution in [2.45, 2.75) is 0 Å². The number of rotatable bonds is 2. The highest BCUT2D eigenvalue weighted by molar-refractivity contribution is 9.10. The first kappa shape index (κ1) is 14.0. The highest BCUT2D eigenvalue weighted by Crippen LogP contribution is 2.31. The lowest BCUT2D eigenvalue weighted by Crippen LogP contribution is -2.00. The first-order valence-electron chi connectivity index (χ1n) is 7.03. The number of aromatic nitrogens is 2. The standard InChI is InChI=1S/C18H11BrN2O2/c19-10-5-6-16-12(7-10)13(18(22)23)8-17(21-16)14-9-20-15-4-2-1-3-11(14)15/h1-9,20H,(H,22,23). The Hall–Kier alpha value is -2.66. The van der Waals surface area contributed by atoms with Crippen LogP contribution in [-0.4, -0.2) is 21.0 Å². The van der Waals surface area contributed by atoms with Crippen LogP contribution in [0.4, 0.5) is 0 Å². The van der Waals surface area contributed by atoms with Crippen LogP contribution in [0.25, 0.3) is 33.1 Å². The average molecular weight is 367 g/mol. The van der Waals surface area contributed by atoms with Gasteiger partial charge < -0.3 is 10.1 Å². The van der Waals surface area contributed by atoms with E-state index in [2.05, 4.69) is 25.9 Å². The highest BCUT2D eigenvalue weighted by Gasteiger charge is 2.15. The van der Waals surface area contributed by atoms with Crippen LogP contribution in [0.5, 0.6) is 0 Å². The molecule has 4 nitrogen and oxygen atoms in total. The van der Waals surface area contributed by atoms with Gasteiger partial charge in [-0.05, 0) is 30.3 Å². The number of nitrogens with one attached hydrogen (secondary N) is 1. The summed E-state index contributed by atoms with van der Waals surface area (Å²) in [6.45, 7) is 0. The molecule has 4 rings (SSSR count). The van der Waals surface area contributed by atoms with Gasteiger partial charge in [0.2, 0.25) is 0 Å². The number of benzene rings is 2. The van der Waals surface area contributed by atoms with Gasteiger partial charge in [-0.1, -0.05) is 34.1 Å². The number of nitrogens with zero attached hydrogens (tertiary/aromatic N) is 1. The molecule has 0 aliphatic carbocycles. The van der Waals surface area contributed by atoms with Crippen molar-refractivity contribution in [3.05, 3.63) is 64.8 Å². The summed E-state index contributed by atoms with van der Waals surface area (Å²) < 4.78 is 0.828. The van der Waals surface area contributed by atoms with Crippen LogP contribution in [0.15, 0.2) is 59.2 Å². The number of carbonyl (C=O) groups is 1. The Morgan fingerprint density at radius 2 is 1.91 bits per heavy atom. The summed E-state index contributed by atoms with van der Waals surface area (Å²) in [7, 11) is 0. The third kappa shape index (κ3) is 2.29. The smallest absolute Gasteiger partial charge is 0.336 e. The lowest BCUT2D eigenvalue weighted by molar-refractivity contribution is 0.0699. The molecule has 0 bridgehead atoms. The lowest BCUT2D eigenvalue weighted by Gasteiger charge is -2.07. The van der Waals surface area contributed by atoms with Crippen molar-refractivity contribution in [1.29, 1.82) is 0 Å². The van der Waals surface area contributed by atoms with E-state index in [1.54, 1.807) is 12.1 Å². The third-order valence-electron chi connectivity index (χ3n) is 3.87. The van der Waals surface area contributed by atoms with E-state index in [0.29, 0.717) is 16.6 Å². The van der Waals surface area contributed by atoms with Gasteiger partial charge in [0, 0.05) is 32.5 Å². The molecule has 0 aliphatic rings. The Morgan fingerprint density at radius 1 is 1.09 bits per heavy atom. The van der Waals surface area contributed by atoms with Crippen LogP contribution in [0.1, 0.15) is 10.4 Å². The maximum atomic E-state index is 11.7. The molecule has 0 radical (unpaired) electrons. The summed E-state index contributed by atoms with van der Waals surface area (Å²) >= 11 is 3.38. The Bertz CT molecular complexity index is 1070. The monoisotopic (exact) mass is 366 g/mol. The molecule has 112 valence electrons. The molecule has 0 amide bonds. The second-order valence-corrected chi connectivity index (χ2v) is 6.19. The Balaban J connectivity index is 2.05. The maximum absolute atomic E-state index is 11.7. The maximum Gasteiger partial charge on any atom is 0.336 e. The van der Waals surface area contributed by atoms with Gasteiger partial charge in [-0.2, -0.15) is 0 Å². The van der Waals surface area contributed by atoms with Crippen molar-refractivity contribution in [2.24, 2.45) is 0 Å². The topological polar surface area (TPSA) is 66.0 Å². The molecule has 0 atom stereocenters. The van der Waals surface area contributed by atoms with Crippen molar-refractivity contribution < 1.29 is 9.90 Å². The number of para-hydroxylation sites is 1. The molecule has 2 aromatic carbocycles. The van der Waals surface area contributed by atoms with Crippen molar-refractivity contribution in [1.82, 2.24) is 9.97 Å². The lowest BCUT2D eigenvalue weighted by atomic mass is 10.0. The van der Waals surface area contributed by atoms with Crippen LogP contribution < -0.4 is 0 Å². The van der Waals surface area contributed by atoms with Crippen LogP contribution in [0, 0.1) is 0 Å². The van der Waals surface area contributed by atoms with Gasteiger partial charge in [-0.3, -0.25) is 0 Å². The molecule has 0 unspecified atom stereocenters. The minimum Gasteiger partial charge on any atom is -0.478 e. The Labute approximate surface area is 139 Å². The fourth-order valence-corrected chi connectivity index (χ4v) is 3.16. The summed E-state index contributed by atoms with van der Waals surface area (Å²) in [5.41, 5.74) is 3.45. The molecule has 0 saturated heterocycles. The van der Waals surface area contributed by atoms with E-state index in [0.717, 1.165) is 20.9 Å². The van der Waals surface area contributed by atoms with E-state index in [4.69, 9.17) is 0 Å². The predicted octanol–water partition coefficient (Wildman–Crippen LogP) is 4.84. The molecule has 4 aromatic rings. The summed E-state index contributed by atoms with van der Waals surface area (Å²) in [6, 6.07) is 15.0. The number of aromatic carboxylic acids is 1. The van der Waals surface area contributed by atoms with E-state index in [-0.39, 0.29) is 5.56 Å². The van der Waals surface area contributed by atoms with Crippen LogP contribution in [0.2, 0.25) is 0 Å². The zero-order valence-corrected chi connectivity index (χ0v) is 13.5. The molecule has 2 aromatic heterocycles. The summed E-state index contributed by atoms with van der Waals surface area (Å²) in [4.78, 5) is 19.5. The first-order valence-corrected chi connectivity index (χ1v) is 7.83. The van der Waals surface area contributed by atoms with Crippen LogP contribution in [0.3, 0.4) is 0 Å². The van der Waals surface area contributed by atoms with Crippen molar-refractivity contribution >= 4 is 43.7 Å². The number of hydrogen-bond donors (Lipinski definition) is 2. The van der Waals surface area contributed by atoms with Gasteiger partial charge in [0.15, 0.2) is 0 Å². The van der Waals surface area contributed by atoms with Crippen molar-refractivity contribution in [3.8, 4) is 11.3 Å². The third-order valence-corrected chi connectivity index (χ3v) is 4.36. The van der Waals surface area contributed by atoms with E-state index in [1.165, 1.54) is 0 Å². The molecule has 2 heterocycles. The van der Waals surface area contributed by atoms with Gasteiger partial charge >= 0.3 is 5.97 Å². The van der Waals surface area contributed by atoms with Crippen molar-refractivity contribution in [3.63, 3.8) is 0 Å².